The number of ether oxygens (including phenoxy) is 2. The van der Waals surface area contributed by atoms with Crippen LogP contribution < -0.4 is 4.74 Å². The van der Waals surface area contributed by atoms with E-state index >= 15 is 0 Å². The van der Waals surface area contributed by atoms with Gasteiger partial charge in [0.1, 0.15) is 5.75 Å². The molecule has 0 aliphatic heterocycles. The van der Waals surface area contributed by atoms with Gasteiger partial charge in [-0.3, -0.25) is 14.1 Å². The molecule has 7 nitrogen and oxygen atoms in total. The highest BCUT2D eigenvalue weighted by atomic mass is 127. The molecule has 0 aliphatic carbocycles. The minimum absolute atomic E-state index is 0.161. The highest BCUT2D eigenvalue weighted by Gasteiger charge is 2.45. The average molecular weight is 762 g/mol. The van der Waals surface area contributed by atoms with Crippen LogP contribution in [0.15, 0.2) is 12.1 Å². The van der Waals surface area contributed by atoms with E-state index in [1.807, 2.05) is 45.2 Å². The van der Waals surface area contributed by atoms with E-state index in [0.717, 1.165) is 3.57 Å². The molecule has 0 bridgehead atoms. The smallest absolute Gasteiger partial charge is 0.426 e. The van der Waals surface area contributed by atoms with Gasteiger partial charge in [-0.15, -0.1) is 0 Å². The second kappa shape index (κ2) is 10.9. The van der Waals surface area contributed by atoms with E-state index in [4.69, 9.17) is 9.29 Å². The zero-order chi connectivity index (χ0) is 21.7. The highest BCUT2D eigenvalue weighted by Crippen LogP contribution is 2.30. The van der Waals surface area contributed by atoms with Gasteiger partial charge in [-0.25, -0.2) is 0 Å². The summed E-state index contributed by atoms with van der Waals surface area (Å²) in [6, 6.07) is 3.57. The highest BCUT2D eigenvalue weighted by molar-refractivity contribution is 14.1. The zero-order valence-electron chi connectivity index (χ0n) is 13.6. The lowest BCUT2D eigenvalue weighted by molar-refractivity contribution is -0.215. The first-order valence-corrected chi connectivity index (χ1v) is 12.1. The number of hydrogen-bond donors (Lipinski definition) is 1. The van der Waals surface area contributed by atoms with Crippen molar-refractivity contribution in [2.45, 2.75) is 31.5 Å². The fraction of sp³-hybridized carbons (Fsp3) is 0.429. The normalized spacial score (nSPS) is 13.1. The minimum atomic E-state index is -5.16. The maximum Gasteiger partial charge on any atom is 0.426 e. The Balaban J connectivity index is 2.56. The fourth-order valence-corrected chi connectivity index (χ4v) is 6.22. The van der Waals surface area contributed by atoms with Crippen molar-refractivity contribution in [3.05, 3.63) is 22.8 Å². The van der Waals surface area contributed by atoms with E-state index in [0.29, 0.717) is 12.9 Å². The number of esters is 2. The Morgan fingerprint density at radius 3 is 2.04 bits per heavy atom. The van der Waals surface area contributed by atoms with E-state index in [2.05, 4.69) is 27.3 Å². The molecule has 0 spiro atoms. The van der Waals surface area contributed by atoms with Gasteiger partial charge in [0.25, 0.3) is 10.1 Å². The summed E-state index contributed by atoms with van der Waals surface area (Å²) in [4.78, 5) is 23.4. The van der Waals surface area contributed by atoms with Gasteiger partial charge in [0.05, 0.1) is 7.14 Å². The number of benzene rings is 1. The number of rotatable bonds is 8. The third-order valence-corrected chi connectivity index (χ3v) is 5.89. The molecule has 0 aliphatic rings. The van der Waals surface area contributed by atoms with Crippen molar-refractivity contribution >= 4 is 89.8 Å². The molecule has 0 radical (unpaired) electrons. The third-order valence-electron chi connectivity index (χ3n) is 2.94. The molecule has 1 aromatic rings. The molecule has 14 heteroatoms. The van der Waals surface area contributed by atoms with E-state index < -0.39 is 46.5 Å². The van der Waals surface area contributed by atoms with E-state index in [-0.39, 0.29) is 12.8 Å². The van der Waals surface area contributed by atoms with E-state index in [1.165, 1.54) is 0 Å². The molecule has 1 aromatic carbocycles. The lowest BCUT2D eigenvalue weighted by atomic mass is 10.2. The molecule has 1 rings (SSSR count). The Labute approximate surface area is 199 Å². The van der Waals surface area contributed by atoms with Crippen molar-refractivity contribution in [1.29, 1.82) is 0 Å². The standard InChI is InChI=1S/C14H12F3I3O7S/c15-14(16,17)10(6-28(23,24)25)26-11(21)2-1-3-12(22)27-13-8(19)4-7(18)5-9(13)20/h4-5,10H,1-3,6H2,(H,23,24,25). The first-order chi connectivity index (χ1) is 12.7. The first-order valence-electron chi connectivity index (χ1n) is 7.25. The fourth-order valence-electron chi connectivity index (χ4n) is 1.77. The second-order valence-corrected chi connectivity index (χ2v) is 10.4. The van der Waals surface area contributed by atoms with Crippen LogP contribution in [-0.4, -0.2) is 42.9 Å². The van der Waals surface area contributed by atoms with Crippen LogP contribution in [0.5, 0.6) is 5.75 Å². The van der Waals surface area contributed by atoms with E-state index in [9.17, 15) is 31.2 Å². The lowest BCUT2D eigenvalue weighted by Crippen LogP contribution is -2.39. The van der Waals surface area contributed by atoms with Crippen LogP contribution in [0.1, 0.15) is 19.3 Å². The second-order valence-electron chi connectivity index (χ2n) is 5.29. The summed E-state index contributed by atoms with van der Waals surface area (Å²) >= 11 is 6.07. The SMILES string of the molecule is O=C(CCCC(=O)OC(CS(=O)(=O)O)C(F)(F)F)Oc1c(I)cc(I)cc1I. The number of halogens is 6. The largest absolute Gasteiger partial charge is 0.451 e. The van der Waals surface area contributed by atoms with Crippen LogP contribution in [0.25, 0.3) is 0 Å². The molecular formula is C14H12F3I3O7S. The summed E-state index contributed by atoms with van der Waals surface area (Å²) in [7, 11) is -5.01. The number of hydrogen-bond acceptors (Lipinski definition) is 6. The van der Waals surface area contributed by atoms with Crippen molar-refractivity contribution in [2.24, 2.45) is 0 Å². The number of carbonyl (C=O) groups is 2. The maximum absolute atomic E-state index is 12.7. The Kier molecular flexibility index (Phi) is 10.1. The van der Waals surface area contributed by atoms with Crippen LogP contribution >= 0.6 is 67.8 Å². The molecule has 0 saturated carbocycles. The van der Waals surface area contributed by atoms with E-state index in [1.54, 1.807) is 12.1 Å². The van der Waals surface area contributed by atoms with Crippen molar-refractivity contribution in [2.75, 3.05) is 5.75 Å². The molecule has 0 amide bonds. The molecule has 0 fully saturated rings. The Hall–Kier alpha value is 0.0500. The van der Waals surface area contributed by atoms with Crippen molar-refractivity contribution in [1.82, 2.24) is 0 Å². The third kappa shape index (κ3) is 9.70. The molecule has 28 heavy (non-hydrogen) atoms. The van der Waals surface area contributed by atoms with Crippen LogP contribution in [0, 0.1) is 10.7 Å². The van der Waals surface area contributed by atoms with Gasteiger partial charge >= 0.3 is 18.1 Å². The summed E-state index contributed by atoms with van der Waals surface area (Å²) < 4.78 is 79.4. The average Bonchev–Trinajstić information content (AvgIpc) is 2.48. The van der Waals surface area contributed by atoms with Gasteiger partial charge < -0.3 is 9.47 Å². The molecule has 1 atom stereocenters. The molecule has 0 aromatic heterocycles. The lowest BCUT2D eigenvalue weighted by Gasteiger charge is -2.19. The van der Waals surface area contributed by atoms with Crippen LogP contribution in [-0.2, 0) is 24.4 Å². The number of carbonyl (C=O) groups excluding carboxylic acids is 2. The summed E-state index contributed by atoms with van der Waals surface area (Å²) in [6.07, 6.45) is -9.14. The summed E-state index contributed by atoms with van der Waals surface area (Å²) in [5.41, 5.74) is 0. The van der Waals surface area contributed by atoms with Crippen LogP contribution in [0.2, 0.25) is 0 Å². The van der Waals surface area contributed by atoms with Gasteiger partial charge in [0.2, 0.25) is 6.10 Å². The Morgan fingerprint density at radius 1 is 1.07 bits per heavy atom. The Bertz CT molecular complexity index is 820. The van der Waals surface area contributed by atoms with Gasteiger partial charge in [-0.2, -0.15) is 21.6 Å². The molecule has 1 unspecified atom stereocenters. The summed E-state index contributed by atoms with van der Waals surface area (Å²) in [5, 5.41) is 0. The van der Waals surface area contributed by atoms with Gasteiger partial charge in [-0.05, 0) is 86.3 Å². The van der Waals surface area contributed by atoms with Crippen molar-refractivity contribution in [3.63, 3.8) is 0 Å². The monoisotopic (exact) mass is 762 g/mol. The topological polar surface area (TPSA) is 107 Å². The van der Waals surface area contributed by atoms with Crippen molar-refractivity contribution < 1.29 is 45.2 Å². The maximum atomic E-state index is 12.7. The molecule has 158 valence electrons. The molecule has 0 saturated heterocycles. The van der Waals surface area contributed by atoms with Crippen LogP contribution in [0.4, 0.5) is 13.2 Å². The minimum Gasteiger partial charge on any atom is -0.451 e. The first kappa shape index (κ1) is 26.1. The van der Waals surface area contributed by atoms with Gasteiger partial charge in [0, 0.05) is 16.4 Å². The summed E-state index contributed by atoms with van der Waals surface area (Å²) in [5.74, 6) is -3.49. The van der Waals surface area contributed by atoms with Crippen molar-refractivity contribution in [3.8, 4) is 5.75 Å². The van der Waals surface area contributed by atoms with Crippen LogP contribution in [0.3, 0.4) is 0 Å². The van der Waals surface area contributed by atoms with Gasteiger partial charge in [0.15, 0.2) is 5.75 Å². The van der Waals surface area contributed by atoms with Gasteiger partial charge in [-0.1, -0.05) is 0 Å². The molecular weight excluding hydrogens is 750 g/mol. The Morgan fingerprint density at radius 2 is 1.57 bits per heavy atom. The zero-order valence-corrected chi connectivity index (χ0v) is 20.9. The molecule has 0 heterocycles. The molecule has 1 N–H and O–H groups in total. The predicted molar refractivity (Wildman–Crippen MR) is 116 cm³/mol. The quantitative estimate of drug-likeness (QED) is 0.185. The predicted octanol–water partition coefficient (Wildman–Crippen LogP) is 3.94. The summed E-state index contributed by atoms with van der Waals surface area (Å²) in [6.45, 7) is 0. The number of alkyl halides is 3.